The molecule has 0 N–H and O–H groups in total. The lowest BCUT2D eigenvalue weighted by Crippen LogP contribution is -2.68. The topological polar surface area (TPSA) is 9.72 Å². The third-order valence-electron chi connectivity index (χ3n) is 3.16. The molecule has 3 aliphatic rings. The van der Waals surface area contributed by atoms with Gasteiger partial charge in [-0.15, -0.1) is 0 Å². The highest BCUT2D eigenvalue weighted by atomic mass is 15.4. The van der Waals surface area contributed by atoms with Gasteiger partial charge in [-0.1, -0.05) is 0 Å². The van der Waals surface area contributed by atoms with E-state index in [1.54, 1.807) is 0 Å². The lowest BCUT2D eigenvalue weighted by molar-refractivity contribution is -0.0773. The highest BCUT2D eigenvalue weighted by Crippen LogP contribution is 2.21. The predicted molar refractivity (Wildman–Crippen MR) is 50.1 cm³/mol. The second-order valence-electron chi connectivity index (χ2n) is 4.29. The molecule has 3 heteroatoms. The zero-order valence-electron chi connectivity index (χ0n) is 8.32. The van der Waals surface area contributed by atoms with E-state index in [9.17, 15) is 0 Å². The van der Waals surface area contributed by atoms with Crippen molar-refractivity contribution in [3.8, 4) is 0 Å². The Balaban J connectivity index is 2.09. The third kappa shape index (κ3) is 1.26. The number of rotatable bonds is 1. The summed E-state index contributed by atoms with van der Waals surface area (Å²) in [4.78, 5) is 7.54. The Hall–Kier alpha value is -0.120. The fourth-order valence-corrected chi connectivity index (χ4v) is 2.45. The monoisotopic (exact) mass is 169 g/mol. The zero-order chi connectivity index (χ0) is 8.72. The Kier molecular flexibility index (Phi) is 2.10. The maximum absolute atomic E-state index is 2.62. The van der Waals surface area contributed by atoms with Crippen LogP contribution >= 0.6 is 0 Å². The lowest BCUT2D eigenvalue weighted by atomic mass is 10.1. The molecule has 2 bridgehead atoms. The van der Waals surface area contributed by atoms with Gasteiger partial charge in [0.2, 0.25) is 0 Å². The van der Waals surface area contributed by atoms with Crippen molar-refractivity contribution >= 4 is 0 Å². The van der Waals surface area contributed by atoms with Crippen molar-refractivity contribution in [2.24, 2.45) is 0 Å². The molecule has 0 aromatic heterocycles. The quantitative estimate of drug-likeness (QED) is 0.542. The van der Waals surface area contributed by atoms with Crippen molar-refractivity contribution < 1.29 is 0 Å². The van der Waals surface area contributed by atoms with Crippen LogP contribution in [0, 0.1) is 0 Å². The molecule has 0 spiro atoms. The summed E-state index contributed by atoms with van der Waals surface area (Å²) in [6.45, 7) is 7.36. The van der Waals surface area contributed by atoms with Gasteiger partial charge in [-0.05, 0) is 21.0 Å². The van der Waals surface area contributed by atoms with Gasteiger partial charge in [0.05, 0.1) is 6.17 Å². The number of hydrogen-bond acceptors (Lipinski definition) is 3. The highest BCUT2D eigenvalue weighted by molar-refractivity contribution is 4.91. The van der Waals surface area contributed by atoms with E-state index in [-0.39, 0.29) is 0 Å². The van der Waals surface area contributed by atoms with Gasteiger partial charge in [0, 0.05) is 32.2 Å². The fourth-order valence-electron chi connectivity index (χ4n) is 2.45. The van der Waals surface area contributed by atoms with Crippen LogP contribution in [-0.4, -0.2) is 67.2 Å². The molecule has 3 fully saturated rings. The first-order valence-corrected chi connectivity index (χ1v) is 4.83. The van der Waals surface area contributed by atoms with Gasteiger partial charge in [-0.25, -0.2) is 0 Å². The van der Waals surface area contributed by atoms with Crippen molar-refractivity contribution in [3.63, 3.8) is 0 Å². The third-order valence-corrected chi connectivity index (χ3v) is 3.16. The van der Waals surface area contributed by atoms with E-state index < -0.39 is 0 Å². The summed E-state index contributed by atoms with van der Waals surface area (Å²) in [7, 11) is 4.36. The number of piperazine rings is 3. The standard InChI is InChI=1S/C9H19N3/c1-8-6-11-4-5-12(8)9(7-11)10(2)3/h8-9H,4-7H2,1-3H3. The number of fused-ring (bicyclic) bond motifs is 3. The summed E-state index contributed by atoms with van der Waals surface area (Å²) in [5, 5.41) is 0. The Bertz CT molecular complexity index is 169. The second kappa shape index (κ2) is 2.98. The van der Waals surface area contributed by atoms with Gasteiger partial charge in [-0.2, -0.15) is 0 Å². The molecular weight excluding hydrogens is 150 g/mol. The van der Waals surface area contributed by atoms with Crippen LogP contribution in [0.25, 0.3) is 0 Å². The molecule has 12 heavy (non-hydrogen) atoms. The summed E-state index contributed by atoms with van der Waals surface area (Å²) in [6, 6.07) is 0.750. The summed E-state index contributed by atoms with van der Waals surface area (Å²) in [5.74, 6) is 0. The Morgan fingerprint density at radius 1 is 1.17 bits per heavy atom. The summed E-state index contributed by atoms with van der Waals surface area (Å²) in [5.41, 5.74) is 0. The van der Waals surface area contributed by atoms with Crippen molar-refractivity contribution in [2.75, 3.05) is 40.3 Å². The van der Waals surface area contributed by atoms with Gasteiger partial charge in [0.25, 0.3) is 0 Å². The van der Waals surface area contributed by atoms with Crippen LogP contribution in [0.15, 0.2) is 0 Å². The minimum Gasteiger partial charge on any atom is -0.298 e. The van der Waals surface area contributed by atoms with E-state index in [1.165, 1.54) is 26.2 Å². The molecule has 3 saturated heterocycles. The highest BCUT2D eigenvalue weighted by Gasteiger charge is 2.37. The van der Waals surface area contributed by atoms with E-state index in [0.717, 1.165) is 6.04 Å². The van der Waals surface area contributed by atoms with Gasteiger partial charge < -0.3 is 0 Å². The minimum atomic E-state index is 0.655. The van der Waals surface area contributed by atoms with Gasteiger partial charge in [0.15, 0.2) is 0 Å². The maximum atomic E-state index is 2.62. The fraction of sp³-hybridized carbons (Fsp3) is 1.00. The van der Waals surface area contributed by atoms with Crippen molar-refractivity contribution in [1.82, 2.24) is 14.7 Å². The van der Waals surface area contributed by atoms with E-state index >= 15 is 0 Å². The van der Waals surface area contributed by atoms with Crippen LogP contribution < -0.4 is 0 Å². The van der Waals surface area contributed by atoms with Crippen LogP contribution in [0.1, 0.15) is 6.92 Å². The van der Waals surface area contributed by atoms with Gasteiger partial charge >= 0.3 is 0 Å². The van der Waals surface area contributed by atoms with Crippen LogP contribution in [0.3, 0.4) is 0 Å². The molecule has 3 heterocycles. The molecule has 3 aliphatic heterocycles. The van der Waals surface area contributed by atoms with E-state index in [1.807, 2.05) is 0 Å². The van der Waals surface area contributed by atoms with Crippen LogP contribution in [0.5, 0.6) is 0 Å². The molecule has 4 atom stereocenters. The summed E-state index contributed by atoms with van der Waals surface area (Å²) in [6.07, 6.45) is 0.655. The molecule has 3 rings (SSSR count). The molecule has 3 nitrogen and oxygen atoms in total. The van der Waals surface area contributed by atoms with Gasteiger partial charge in [-0.3, -0.25) is 14.7 Å². The second-order valence-corrected chi connectivity index (χ2v) is 4.29. The molecule has 0 aromatic carbocycles. The Morgan fingerprint density at radius 3 is 2.33 bits per heavy atom. The molecule has 0 aromatic rings. The minimum absolute atomic E-state index is 0.655. The smallest absolute Gasteiger partial charge is 0.0751 e. The Labute approximate surface area is 74.9 Å². The molecule has 70 valence electrons. The predicted octanol–water partition coefficient (Wildman–Crippen LogP) is -0.106. The summed E-state index contributed by atoms with van der Waals surface area (Å²) >= 11 is 0. The van der Waals surface area contributed by atoms with E-state index in [0.29, 0.717) is 6.17 Å². The first kappa shape index (κ1) is 8.48. The average Bonchev–Trinajstić information content (AvgIpc) is 2.04. The van der Waals surface area contributed by atoms with E-state index in [4.69, 9.17) is 0 Å². The first-order valence-electron chi connectivity index (χ1n) is 4.83. The van der Waals surface area contributed by atoms with Crippen molar-refractivity contribution in [2.45, 2.75) is 19.1 Å². The van der Waals surface area contributed by atoms with Gasteiger partial charge in [0.1, 0.15) is 0 Å². The summed E-state index contributed by atoms with van der Waals surface area (Å²) < 4.78 is 0. The average molecular weight is 169 g/mol. The number of likely N-dealkylation sites (N-methyl/N-ethyl adjacent to an activating group) is 1. The first-order chi connectivity index (χ1) is 5.68. The van der Waals surface area contributed by atoms with E-state index in [2.05, 4.69) is 35.7 Å². The molecule has 0 saturated carbocycles. The molecule has 0 radical (unpaired) electrons. The van der Waals surface area contributed by atoms with Crippen molar-refractivity contribution in [3.05, 3.63) is 0 Å². The Morgan fingerprint density at radius 2 is 1.92 bits per heavy atom. The molecule has 0 aliphatic carbocycles. The van der Waals surface area contributed by atoms with Crippen molar-refractivity contribution in [1.29, 1.82) is 0 Å². The number of hydrogen-bond donors (Lipinski definition) is 0. The van der Waals surface area contributed by atoms with Crippen LogP contribution in [0.2, 0.25) is 0 Å². The normalized spacial score (nSPS) is 47.0. The van der Waals surface area contributed by atoms with Crippen LogP contribution in [0.4, 0.5) is 0 Å². The molecule has 4 unspecified atom stereocenters. The lowest BCUT2D eigenvalue weighted by Gasteiger charge is -2.53. The van der Waals surface area contributed by atoms with Crippen LogP contribution in [-0.2, 0) is 0 Å². The molecular formula is C9H19N3. The number of nitrogens with zero attached hydrogens (tertiary/aromatic N) is 3. The maximum Gasteiger partial charge on any atom is 0.0751 e. The largest absolute Gasteiger partial charge is 0.298 e. The molecule has 0 amide bonds. The SMILES string of the molecule is CC1CN2CCN1C(N(C)C)C2. The zero-order valence-corrected chi connectivity index (χ0v) is 8.32.